The van der Waals surface area contributed by atoms with Crippen molar-refractivity contribution in [1.29, 1.82) is 0 Å². The average Bonchev–Trinajstić information content (AvgIpc) is 3.04. The van der Waals surface area contributed by atoms with Crippen LogP contribution in [0.3, 0.4) is 0 Å². The summed E-state index contributed by atoms with van der Waals surface area (Å²) >= 11 is 1.45. The van der Waals surface area contributed by atoms with Gasteiger partial charge >= 0.3 is 0 Å². The molecule has 0 fully saturated rings. The molecule has 0 aromatic carbocycles. The lowest BCUT2D eigenvalue weighted by Crippen LogP contribution is -2.31. The molecule has 1 unspecified atom stereocenters. The van der Waals surface area contributed by atoms with E-state index in [1.807, 2.05) is 19.9 Å². The summed E-state index contributed by atoms with van der Waals surface area (Å²) in [6, 6.07) is 3.63. The quantitative estimate of drug-likeness (QED) is 0.867. The summed E-state index contributed by atoms with van der Waals surface area (Å²) in [7, 11) is 0. The van der Waals surface area contributed by atoms with Crippen LogP contribution in [-0.4, -0.2) is 24.0 Å². The Bertz CT molecular complexity index is 558. The third-order valence-corrected chi connectivity index (χ3v) is 3.74. The number of thiazole rings is 1. The van der Waals surface area contributed by atoms with Gasteiger partial charge in [0.2, 0.25) is 0 Å². The van der Waals surface area contributed by atoms with E-state index in [-0.39, 0.29) is 36.6 Å². The maximum Gasteiger partial charge on any atom is 0.271 e. The van der Waals surface area contributed by atoms with Crippen LogP contribution in [0.5, 0.6) is 0 Å². The predicted octanol–water partition coefficient (Wildman–Crippen LogP) is 2.88. The van der Waals surface area contributed by atoms with E-state index in [4.69, 9.17) is 10.2 Å². The topological polar surface area (TPSA) is 81.2 Å². The molecule has 2 rings (SSSR count). The fraction of sp³-hybridized carbons (Fsp3) is 0.385. The van der Waals surface area contributed by atoms with Gasteiger partial charge in [-0.2, -0.15) is 0 Å². The van der Waals surface area contributed by atoms with Crippen molar-refractivity contribution in [1.82, 2.24) is 10.3 Å². The number of carbonyl (C=O) groups is 1. The molecule has 0 saturated carbocycles. The summed E-state index contributed by atoms with van der Waals surface area (Å²) in [6.07, 6.45) is 1.59. The monoisotopic (exact) mass is 351 g/mol. The van der Waals surface area contributed by atoms with E-state index in [1.165, 1.54) is 11.3 Å². The van der Waals surface area contributed by atoms with E-state index >= 15 is 0 Å². The summed E-state index contributed by atoms with van der Waals surface area (Å²) in [5, 5.41) is 3.57. The van der Waals surface area contributed by atoms with Crippen LogP contribution in [0.15, 0.2) is 22.8 Å². The number of halogens is 2. The third kappa shape index (κ3) is 5.00. The van der Waals surface area contributed by atoms with Gasteiger partial charge < -0.3 is 15.5 Å². The molecule has 8 heteroatoms. The Hall–Kier alpha value is -1.08. The first-order valence-electron chi connectivity index (χ1n) is 6.11. The number of hydrogen-bond donors (Lipinski definition) is 2. The van der Waals surface area contributed by atoms with Gasteiger partial charge in [0.05, 0.1) is 6.26 Å². The molecule has 21 heavy (non-hydrogen) atoms. The maximum absolute atomic E-state index is 12.0. The molecule has 2 aromatic heterocycles. The molecule has 118 valence electrons. The van der Waals surface area contributed by atoms with E-state index in [1.54, 1.807) is 12.3 Å². The number of aryl methyl sites for hydroxylation is 1. The minimum absolute atomic E-state index is 0. The van der Waals surface area contributed by atoms with Gasteiger partial charge in [0.15, 0.2) is 10.8 Å². The van der Waals surface area contributed by atoms with Gasteiger partial charge in [-0.05, 0) is 31.5 Å². The summed E-state index contributed by atoms with van der Waals surface area (Å²) < 4.78 is 5.28. The number of hydrogen-bond acceptors (Lipinski definition) is 5. The standard InChI is InChI=1S/C13H17N3O2S.2ClH/c1-8(6-14)7-15-12(17)11-9(2)19-13(16-11)10-4-3-5-18-10;;/h3-5,8H,6-7,14H2,1-2H3,(H,15,17);2*1H. The summed E-state index contributed by atoms with van der Waals surface area (Å²) in [6.45, 7) is 4.98. The van der Waals surface area contributed by atoms with E-state index in [9.17, 15) is 4.79 Å². The lowest BCUT2D eigenvalue weighted by molar-refractivity contribution is 0.0944. The van der Waals surface area contributed by atoms with Crippen molar-refractivity contribution in [3.63, 3.8) is 0 Å². The molecule has 5 nitrogen and oxygen atoms in total. The summed E-state index contributed by atoms with van der Waals surface area (Å²) in [4.78, 5) is 17.2. The highest BCUT2D eigenvalue weighted by molar-refractivity contribution is 7.15. The molecule has 0 bridgehead atoms. The van der Waals surface area contributed by atoms with Crippen molar-refractivity contribution in [2.75, 3.05) is 13.1 Å². The highest BCUT2D eigenvalue weighted by atomic mass is 35.5. The van der Waals surface area contributed by atoms with Gasteiger partial charge in [-0.15, -0.1) is 36.2 Å². The van der Waals surface area contributed by atoms with Crippen molar-refractivity contribution in [3.05, 3.63) is 29.0 Å². The molecule has 0 radical (unpaired) electrons. The normalized spacial score (nSPS) is 11.2. The van der Waals surface area contributed by atoms with Crippen molar-refractivity contribution >= 4 is 42.1 Å². The van der Waals surface area contributed by atoms with Crippen LogP contribution >= 0.6 is 36.2 Å². The molecule has 0 aliphatic carbocycles. The second-order valence-corrected chi connectivity index (χ2v) is 5.66. The number of rotatable bonds is 5. The molecule has 3 N–H and O–H groups in total. The Morgan fingerprint density at radius 2 is 2.24 bits per heavy atom. The summed E-state index contributed by atoms with van der Waals surface area (Å²) in [5.41, 5.74) is 5.98. The first-order chi connectivity index (χ1) is 9.11. The van der Waals surface area contributed by atoms with E-state index in [2.05, 4.69) is 10.3 Å². The van der Waals surface area contributed by atoms with Gasteiger partial charge in [-0.1, -0.05) is 6.92 Å². The maximum atomic E-state index is 12.0. The van der Waals surface area contributed by atoms with Crippen LogP contribution in [0.2, 0.25) is 0 Å². The Balaban J connectivity index is 0.00000200. The SMILES string of the molecule is Cc1sc(-c2ccco2)nc1C(=O)NCC(C)CN.Cl.Cl. The lowest BCUT2D eigenvalue weighted by Gasteiger charge is -2.08. The van der Waals surface area contributed by atoms with Gasteiger partial charge in [-0.3, -0.25) is 4.79 Å². The molecule has 0 saturated heterocycles. The molecule has 1 atom stereocenters. The lowest BCUT2D eigenvalue weighted by atomic mass is 10.2. The Morgan fingerprint density at radius 1 is 1.52 bits per heavy atom. The first-order valence-corrected chi connectivity index (χ1v) is 6.93. The van der Waals surface area contributed by atoms with Crippen LogP contribution < -0.4 is 11.1 Å². The fourth-order valence-corrected chi connectivity index (χ4v) is 2.43. The van der Waals surface area contributed by atoms with Crippen LogP contribution in [0.4, 0.5) is 0 Å². The molecule has 0 aliphatic heterocycles. The van der Waals surface area contributed by atoms with Crippen molar-refractivity contribution in [2.24, 2.45) is 11.7 Å². The van der Waals surface area contributed by atoms with Gasteiger partial charge in [0.25, 0.3) is 5.91 Å². The molecule has 2 heterocycles. The number of nitrogens with zero attached hydrogens (tertiary/aromatic N) is 1. The first kappa shape index (κ1) is 19.9. The van der Waals surface area contributed by atoms with Crippen LogP contribution in [0, 0.1) is 12.8 Å². The third-order valence-electron chi connectivity index (χ3n) is 2.76. The van der Waals surface area contributed by atoms with Crippen LogP contribution in [0.1, 0.15) is 22.3 Å². The van der Waals surface area contributed by atoms with Crippen LogP contribution in [0.25, 0.3) is 10.8 Å². The number of nitrogens with one attached hydrogen (secondary N) is 1. The minimum atomic E-state index is -0.160. The molecular formula is C13H19Cl2N3O2S. The van der Waals surface area contributed by atoms with Crippen LogP contribution in [-0.2, 0) is 0 Å². The molecule has 1 amide bonds. The number of aromatic nitrogens is 1. The van der Waals surface area contributed by atoms with Crippen molar-refractivity contribution in [3.8, 4) is 10.8 Å². The minimum Gasteiger partial charge on any atom is -0.462 e. The van der Waals surface area contributed by atoms with Gasteiger partial charge in [-0.25, -0.2) is 4.98 Å². The Kier molecular flexibility index (Phi) is 8.58. The second kappa shape index (κ2) is 9.04. The second-order valence-electron chi connectivity index (χ2n) is 4.45. The van der Waals surface area contributed by atoms with E-state index < -0.39 is 0 Å². The smallest absolute Gasteiger partial charge is 0.271 e. The molecular weight excluding hydrogens is 333 g/mol. The number of nitrogens with two attached hydrogens (primary N) is 1. The average molecular weight is 352 g/mol. The highest BCUT2D eigenvalue weighted by Crippen LogP contribution is 2.27. The van der Waals surface area contributed by atoms with Crippen molar-refractivity contribution in [2.45, 2.75) is 13.8 Å². The number of furan rings is 1. The number of amides is 1. The highest BCUT2D eigenvalue weighted by Gasteiger charge is 2.17. The largest absolute Gasteiger partial charge is 0.462 e. The zero-order valence-corrected chi connectivity index (χ0v) is 14.2. The number of carbonyl (C=O) groups excluding carboxylic acids is 1. The molecule has 0 spiro atoms. The molecule has 2 aromatic rings. The zero-order chi connectivity index (χ0) is 13.8. The Labute approximate surface area is 140 Å². The molecule has 0 aliphatic rings. The summed E-state index contributed by atoms with van der Waals surface area (Å²) in [5.74, 6) is 0.779. The van der Waals surface area contributed by atoms with Gasteiger partial charge in [0, 0.05) is 11.4 Å². The predicted molar refractivity (Wildman–Crippen MR) is 89.6 cm³/mol. The zero-order valence-electron chi connectivity index (χ0n) is 11.8. The Morgan fingerprint density at radius 3 is 2.81 bits per heavy atom. The van der Waals surface area contributed by atoms with Crippen molar-refractivity contribution < 1.29 is 9.21 Å². The van der Waals surface area contributed by atoms with E-state index in [0.29, 0.717) is 24.5 Å². The fourth-order valence-electron chi connectivity index (χ4n) is 1.55. The van der Waals surface area contributed by atoms with Gasteiger partial charge in [0.1, 0.15) is 5.69 Å². The van der Waals surface area contributed by atoms with E-state index in [0.717, 1.165) is 9.88 Å².